The molecule has 2 aromatic rings. The van der Waals surface area contributed by atoms with Gasteiger partial charge in [0.15, 0.2) is 11.5 Å². The van der Waals surface area contributed by atoms with Gasteiger partial charge in [-0.1, -0.05) is 6.07 Å². The van der Waals surface area contributed by atoms with E-state index in [4.69, 9.17) is 23.7 Å². The molecule has 11 nitrogen and oxygen atoms in total. The standard InChI is InChI=1S/C36H44N4O7S/c1-16-10-20-11-22-23(12-37)40-24-13-44-34(41)21(38-35(42)47-36(5,6)7)14-48-33(26-17(2)18(3)31-32(27(24)26)46-15-45-31)29(40)28(39(22)8)25(20)19(4)30(16)43-9/h10,21-24,28-29,33H,11,13-15H2,1-9H3,(H,38,42)/t21-,22?,23?,24?,28?,29?,33?/m1/s1. The quantitative estimate of drug-likeness (QED) is 0.427. The van der Waals surface area contributed by atoms with E-state index < -0.39 is 35.8 Å². The summed E-state index contributed by atoms with van der Waals surface area (Å²) in [4.78, 5) is 31.3. The molecule has 0 saturated carbocycles. The van der Waals surface area contributed by atoms with Gasteiger partial charge in [0.2, 0.25) is 6.79 Å². The van der Waals surface area contributed by atoms with Gasteiger partial charge in [0.1, 0.15) is 30.0 Å². The first kappa shape index (κ1) is 32.9. The fraction of sp³-hybridized carbons (Fsp3) is 0.583. The molecule has 5 aliphatic heterocycles. The number of cyclic esters (lactones) is 1. The molecule has 7 rings (SSSR count). The lowest BCUT2D eigenvalue weighted by molar-refractivity contribution is -0.151. The van der Waals surface area contributed by atoms with Crippen LogP contribution in [0.2, 0.25) is 0 Å². The Morgan fingerprint density at radius 2 is 1.79 bits per heavy atom. The van der Waals surface area contributed by atoms with Crippen LogP contribution in [0.25, 0.3) is 0 Å². The van der Waals surface area contributed by atoms with Gasteiger partial charge in [-0.05, 0) is 101 Å². The first-order valence-corrected chi connectivity index (χ1v) is 17.6. The number of thioether (sulfide) groups is 1. The number of carbonyl (C=O) groups excluding carboxylic acids is 2. The number of aryl methyl sites for hydroxylation is 1. The van der Waals surface area contributed by atoms with E-state index in [1.807, 2.05) is 0 Å². The maximum Gasteiger partial charge on any atom is 0.408 e. The molecule has 0 radical (unpaired) electrons. The molecule has 6 unspecified atom stereocenters. The van der Waals surface area contributed by atoms with Gasteiger partial charge in [-0.2, -0.15) is 5.26 Å². The van der Waals surface area contributed by atoms with Crippen molar-refractivity contribution < 1.29 is 33.3 Å². The summed E-state index contributed by atoms with van der Waals surface area (Å²) < 4.78 is 29.8. The van der Waals surface area contributed by atoms with E-state index in [1.165, 1.54) is 11.1 Å². The highest BCUT2D eigenvalue weighted by Crippen LogP contribution is 2.61. The molecule has 2 fully saturated rings. The Bertz CT molecular complexity index is 1750. The summed E-state index contributed by atoms with van der Waals surface area (Å²) in [7, 11) is 3.85. The summed E-state index contributed by atoms with van der Waals surface area (Å²) in [6.45, 7) is 13.8. The number of piperazine rings is 1. The summed E-state index contributed by atoms with van der Waals surface area (Å²) >= 11 is 1.60. The van der Waals surface area contributed by atoms with E-state index in [1.54, 1.807) is 39.6 Å². The average molecular weight is 677 g/mol. The van der Waals surface area contributed by atoms with Crippen molar-refractivity contribution in [1.82, 2.24) is 15.1 Å². The molecule has 7 atom stereocenters. The molecule has 2 saturated heterocycles. The maximum absolute atomic E-state index is 13.7. The van der Waals surface area contributed by atoms with Crippen LogP contribution in [-0.2, 0) is 20.7 Å². The summed E-state index contributed by atoms with van der Waals surface area (Å²) in [6.07, 6.45) is 0.0351. The van der Waals surface area contributed by atoms with Crippen LogP contribution in [0.3, 0.4) is 0 Å². The minimum atomic E-state index is -0.930. The summed E-state index contributed by atoms with van der Waals surface area (Å²) in [5.41, 5.74) is 8.06. The largest absolute Gasteiger partial charge is 0.496 e. The lowest BCUT2D eigenvalue weighted by Gasteiger charge is -2.62. The van der Waals surface area contributed by atoms with Crippen LogP contribution in [0.15, 0.2) is 6.07 Å². The highest BCUT2D eigenvalue weighted by atomic mass is 32.2. The number of hydrogen-bond donors (Lipinski definition) is 1. The third kappa shape index (κ3) is 4.91. The van der Waals surface area contributed by atoms with Crippen molar-refractivity contribution in [2.75, 3.05) is 33.3 Å². The van der Waals surface area contributed by atoms with Gasteiger partial charge in [0.05, 0.1) is 25.3 Å². The van der Waals surface area contributed by atoms with E-state index in [9.17, 15) is 14.9 Å². The van der Waals surface area contributed by atoms with Gasteiger partial charge < -0.3 is 29.0 Å². The van der Waals surface area contributed by atoms with Crippen molar-refractivity contribution in [2.24, 2.45) is 0 Å². The molecule has 5 heterocycles. The second-order valence-electron chi connectivity index (χ2n) is 14.6. The normalized spacial score (nSPS) is 29.2. The van der Waals surface area contributed by atoms with Crippen LogP contribution in [0, 0.1) is 39.0 Å². The Labute approximate surface area is 286 Å². The molecule has 48 heavy (non-hydrogen) atoms. The smallest absolute Gasteiger partial charge is 0.408 e. The van der Waals surface area contributed by atoms with E-state index in [2.05, 4.69) is 62.0 Å². The second-order valence-corrected chi connectivity index (χ2v) is 15.7. The number of fused-ring (bicyclic) bond motifs is 9. The monoisotopic (exact) mass is 676 g/mol. The number of rotatable bonds is 2. The topological polar surface area (TPSA) is 123 Å². The molecule has 1 amide bonds. The third-order valence-electron chi connectivity index (χ3n) is 10.8. The van der Waals surface area contributed by atoms with Crippen molar-refractivity contribution in [3.8, 4) is 23.3 Å². The summed E-state index contributed by atoms with van der Waals surface area (Å²) in [5, 5.41) is 13.6. The van der Waals surface area contributed by atoms with Crippen molar-refractivity contribution in [3.63, 3.8) is 0 Å². The van der Waals surface area contributed by atoms with Crippen LogP contribution in [0.1, 0.15) is 82.6 Å². The molecular weight excluding hydrogens is 632 g/mol. The van der Waals surface area contributed by atoms with Crippen molar-refractivity contribution in [2.45, 2.75) is 102 Å². The number of benzene rings is 2. The molecule has 0 aliphatic carbocycles. The summed E-state index contributed by atoms with van der Waals surface area (Å²) in [5.74, 6) is 1.94. The highest BCUT2D eigenvalue weighted by molar-refractivity contribution is 7.99. The number of amides is 1. The van der Waals surface area contributed by atoms with E-state index in [-0.39, 0.29) is 42.5 Å². The van der Waals surface area contributed by atoms with Crippen LogP contribution in [0.4, 0.5) is 4.79 Å². The number of nitrogens with one attached hydrogen (secondary N) is 1. The number of carbonyl (C=O) groups is 2. The number of nitrogens with zero attached hydrogens (tertiary/aromatic N) is 3. The molecule has 2 aromatic carbocycles. The van der Waals surface area contributed by atoms with E-state index >= 15 is 0 Å². The van der Waals surface area contributed by atoms with Crippen LogP contribution >= 0.6 is 11.8 Å². The summed E-state index contributed by atoms with van der Waals surface area (Å²) in [6, 6.07) is 2.63. The van der Waals surface area contributed by atoms with Gasteiger partial charge in [-0.3, -0.25) is 9.80 Å². The molecular formula is C36H44N4O7S. The molecule has 256 valence electrons. The molecule has 12 heteroatoms. The predicted molar refractivity (Wildman–Crippen MR) is 180 cm³/mol. The van der Waals surface area contributed by atoms with Crippen LogP contribution < -0.4 is 19.5 Å². The maximum atomic E-state index is 13.7. The molecule has 4 bridgehead atoms. The van der Waals surface area contributed by atoms with Crippen molar-refractivity contribution >= 4 is 23.8 Å². The van der Waals surface area contributed by atoms with Gasteiger partial charge in [-0.25, -0.2) is 9.59 Å². The molecule has 5 aliphatic rings. The Morgan fingerprint density at radius 1 is 1.06 bits per heavy atom. The Hall–Kier alpha value is -3.66. The fourth-order valence-corrected chi connectivity index (χ4v) is 10.4. The lowest BCUT2D eigenvalue weighted by atomic mass is 9.70. The number of hydrogen-bond acceptors (Lipinski definition) is 11. The number of likely N-dealkylation sites (N-methyl/N-ethyl adjacent to an activating group) is 1. The SMILES string of the molecule is COc1c(C)cc2c(c1C)C1C3C4SC[C@@H](NC(=O)OC(C)(C)C)C(=O)OCC(c5c6c(c(C)c(C)c54)OCO6)N3C(C#N)C(C2)N1C. The van der Waals surface area contributed by atoms with Gasteiger partial charge in [-0.15, -0.1) is 11.8 Å². The number of esters is 1. The van der Waals surface area contributed by atoms with E-state index in [0.29, 0.717) is 17.9 Å². The Balaban J connectivity index is 1.44. The van der Waals surface area contributed by atoms with Gasteiger partial charge in [0.25, 0.3) is 0 Å². The number of nitriles is 1. The van der Waals surface area contributed by atoms with Gasteiger partial charge >= 0.3 is 12.1 Å². The number of alkyl carbamates (subject to hydrolysis) is 1. The minimum absolute atomic E-state index is 0.0189. The first-order chi connectivity index (χ1) is 22.8. The fourth-order valence-electron chi connectivity index (χ4n) is 8.81. The minimum Gasteiger partial charge on any atom is -0.496 e. The van der Waals surface area contributed by atoms with Crippen LogP contribution in [0.5, 0.6) is 17.2 Å². The van der Waals surface area contributed by atoms with Crippen LogP contribution in [-0.4, -0.2) is 84.9 Å². The third-order valence-corrected chi connectivity index (χ3v) is 12.2. The average Bonchev–Trinajstić information content (AvgIpc) is 3.50. The number of ether oxygens (including phenoxy) is 5. The second kappa shape index (κ2) is 11.7. The van der Waals surface area contributed by atoms with Crippen molar-refractivity contribution in [3.05, 3.63) is 50.6 Å². The predicted octanol–water partition coefficient (Wildman–Crippen LogP) is 5.11. The highest BCUT2D eigenvalue weighted by Gasteiger charge is 2.60. The first-order valence-electron chi connectivity index (χ1n) is 16.5. The Morgan fingerprint density at radius 3 is 2.48 bits per heavy atom. The van der Waals surface area contributed by atoms with Crippen molar-refractivity contribution in [1.29, 1.82) is 5.26 Å². The Kier molecular flexibility index (Phi) is 8.04. The number of methoxy groups -OCH3 is 1. The zero-order chi connectivity index (χ0) is 34.4. The molecule has 0 aromatic heterocycles. The lowest BCUT2D eigenvalue weighted by Crippen LogP contribution is -2.69. The van der Waals surface area contributed by atoms with E-state index in [0.717, 1.165) is 39.1 Å². The zero-order valence-electron chi connectivity index (χ0n) is 29.1. The molecule has 0 spiro atoms. The van der Waals surface area contributed by atoms with Gasteiger partial charge in [0, 0.05) is 28.6 Å². The molecule has 1 N–H and O–H groups in total. The zero-order valence-corrected chi connectivity index (χ0v) is 29.9.